The summed E-state index contributed by atoms with van der Waals surface area (Å²) in [5.74, 6) is 0.0768. The van der Waals surface area contributed by atoms with Crippen molar-refractivity contribution in [3.8, 4) is 11.1 Å². The van der Waals surface area contributed by atoms with Gasteiger partial charge in [-0.25, -0.2) is 0 Å². The van der Waals surface area contributed by atoms with Crippen molar-refractivity contribution >= 4 is 16.7 Å². The maximum absolute atomic E-state index is 12.5. The number of amides is 1. The summed E-state index contributed by atoms with van der Waals surface area (Å²) in [6, 6.07) is 18.7. The Labute approximate surface area is 125 Å². The van der Waals surface area contributed by atoms with Gasteiger partial charge in [-0.2, -0.15) is 0 Å². The van der Waals surface area contributed by atoms with Crippen molar-refractivity contribution in [1.82, 2.24) is 4.90 Å². The number of fused-ring (bicyclic) bond motifs is 3. The maximum atomic E-state index is 12.5. The zero-order valence-corrected chi connectivity index (χ0v) is 12.6. The zero-order valence-electron chi connectivity index (χ0n) is 12.6. The van der Waals surface area contributed by atoms with E-state index in [4.69, 9.17) is 0 Å². The van der Waals surface area contributed by atoms with Crippen LogP contribution in [-0.2, 0) is 0 Å². The van der Waals surface area contributed by atoms with E-state index < -0.39 is 0 Å². The van der Waals surface area contributed by atoms with Crippen LogP contribution in [0.4, 0.5) is 0 Å². The first kappa shape index (κ1) is 13.6. The van der Waals surface area contributed by atoms with Gasteiger partial charge in [-0.15, -0.1) is 0 Å². The topological polar surface area (TPSA) is 20.3 Å². The smallest absolute Gasteiger partial charge is 0.253 e. The molecule has 0 aromatic heterocycles. The maximum Gasteiger partial charge on any atom is 0.253 e. The Kier molecular flexibility index (Phi) is 3.38. The Morgan fingerprint density at radius 1 is 1.00 bits per heavy atom. The van der Waals surface area contributed by atoms with Crippen molar-refractivity contribution in [2.24, 2.45) is 0 Å². The highest BCUT2D eigenvalue weighted by atomic mass is 16.2. The van der Waals surface area contributed by atoms with Crippen LogP contribution in [0.1, 0.15) is 24.2 Å². The molecule has 0 fully saturated rings. The number of carbonyl (C=O) groups is 1. The second-order valence-electron chi connectivity index (χ2n) is 5.74. The molecule has 106 valence electrons. The summed E-state index contributed by atoms with van der Waals surface area (Å²) in [4.78, 5) is 14.3. The molecule has 1 amide bonds. The Bertz CT molecular complexity index is 776. The van der Waals surface area contributed by atoms with E-state index >= 15 is 0 Å². The molecule has 3 rings (SSSR count). The third kappa shape index (κ3) is 2.38. The summed E-state index contributed by atoms with van der Waals surface area (Å²) in [5, 5.41) is 2.37. The lowest BCUT2D eigenvalue weighted by molar-refractivity contribution is 0.0755. The molecule has 0 atom stereocenters. The number of hydrogen-bond donors (Lipinski definition) is 0. The Balaban J connectivity index is 2.18. The van der Waals surface area contributed by atoms with Crippen LogP contribution in [0.3, 0.4) is 0 Å². The molecule has 0 N–H and O–H groups in total. The van der Waals surface area contributed by atoms with Crippen LogP contribution < -0.4 is 0 Å². The summed E-state index contributed by atoms with van der Waals surface area (Å²) < 4.78 is 0. The fourth-order valence-electron chi connectivity index (χ4n) is 2.60. The quantitative estimate of drug-likeness (QED) is 0.678. The van der Waals surface area contributed by atoms with Crippen LogP contribution in [0.2, 0.25) is 0 Å². The second-order valence-corrected chi connectivity index (χ2v) is 5.74. The molecule has 2 nitrogen and oxygen atoms in total. The molecule has 0 bridgehead atoms. The predicted octanol–water partition coefficient (Wildman–Crippen LogP) is 4.43. The van der Waals surface area contributed by atoms with Gasteiger partial charge in [0.05, 0.1) is 0 Å². The van der Waals surface area contributed by atoms with Gasteiger partial charge in [0.2, 0.25) is 0 Å². The zero-order chi connectivity index (χ0) is 15.0. The molecule has 0 unspecified atom stereocenters. The van der Waals surface area contributed by atoms with Crippen LogP contribution in [-0.4, -0.2) is 23.9 Å². The largest absolute Gasteiger partial charge is 0.339 e. The monoisotopic (exact) mass is 277 g/mol. The van der Waals surface area contributed by atoms with E-state index in [0.717, 1.165) is 16.7 Å². The van der Waals surface area contributed by atoms with Crippen molar-refractivity contribution < 1.29 is 4.79 Å². The van der Waals surface area contributed by atoms with Crippen LogP contribution in [0.5, 0.6) is 0 Å². The molecular weight excluding hydrogens is 258 g/mol. The van der Waals surface area contributed by atoms with E-state index in [0.29, 0.717) is 0 Å². The third-order valence-electron chi connectivity index (χ3n) is 4.07. The van der Waals surface area contributed by atoms with Crippen LogP contribution in [0, 0.1) is 0 Å². The minimum Gasteiger partial charge on any atom is -0.339 e. The first-order valence-corrected chi connectivity index (χ1v) is 7.26. The van der Waals surface area contributed by atoms with Crippen LogP contribution in [0.25, 0.3) is 21.9 Å². The molecule has 0 aliphatic heterocycles. The lowest BCUT2D eigenvalue weighted by Gasteiger charge is -2.20. The van der Waals surface area contributed by atoms with E-state index in [-0.39, 0.29) is 11.9 Å². The molecule has 0 heterocycles. The number of benzene rings is 1. The Hall–Kier alpha value is -2.35. The summed E-state index contributed by atoms with van der Waals surface area (Å²) in [6.07, 6.45) is 0. The molecule has 0 saturated heterocycles. The normalized spacial score (nSPS) is 11.2. The van der Waals surface area contributed by atoms with Crippen molar-refractivity contribution in [2.75, 3.05) is 7.05 Å². The summed E-state index contributed by atoms with van der Waals surface area (Å²) >= 11 is 0. The van der Waals surface area contributed by atoms with Gasteiger partial charge in [-0.3, -0.25) is 4.79 Å². The standard InChI is InChI=1S/C19H19NO/c1-13(2)20(3)19(21)16-11-15-9-6-8-14-7-4-5-10-17(14)18(15)12-16/h4-13H,1-3H3. The molecule has 1 aromatic carbocycles. The summed E-state index contributed by atoms with van der Waals surface area (Å²) in [6.45, 7) is 4.05. The lowest BCUT2D eigenvalue weighted by atomic mass is 10.1. The Morgan fingerprint density at radius 3 is 2.48 bits per heavy atom. The fraction of sp³-hybridized carbons (Fsp3) is 0.211. The van der Waals surface area contributed by atoms with Gasteiger partial charge in [-0.05, 0) is 47.9 Å². The van der Waals surface area contributed by atoms with E-state index in [1.54, 1.807) is 4.90 Å². The summed E-state index contributed by atoms with van der Waals surface area (Å²) in [7, 11) is 1.85. The number of nitrogens with zero attached hydrogens (tertiary/aromatic N) is 1. The first-order valence-electron chi connectivity index (χ1n) is 7.26. The second kappa shape index (κ2) is 5.21. The molecule has 21 heavy (non-hydrogen) atoms. The van der Waals surface area contributed by atoms with Gasteiger partial charge in [0.15, 0.2) is 0 Å². The van der Waals surface area contributed by atoms with E-state index in [2.05, 4.69) is 24.3 Å². The minimum absolute atomic E-state index is 0.0768. The number of carbonyl (C=O) groups excluding carboxylic acids is 1. The van der Waals surface area contributed by atoms with Crippen LogP contribution >= 0.6 is 0 Å². The highest BCUT2D eigenvalue weighted by Gasteiger charge is 2.18. The third-order valence-corrected chi connectivity index (χ3v) is 4.07. The molecule has 2 aliphatic rings. The van der Waals surface area contributed by atoms with Gasteiger partial charge < -0.3 is 4.90 Å². The van der Waals surface area contributed by atoms with Gasteiger partial charge in [0.1, 0.15) is 0 Å². The molecule has 0 radical (unpaired) electrons. The van der Waals surface area contributed by atoms with E-state index in [1.165, 1.54) is 10.8 Å². The van der Waals surface area contributed by atoms with Gasteiger partial charge in [-0.1, -0.05) is 42.5 Å². The lowest BCUT2D eigenvalue weighted by Crippen LogP contribution is -2.32. The average Bonchev–Trinajstić information content (AvgIpc) is 2.82. The number of rotatable bonds is 2. The highest BCUT2D eigenvalue weighted by molar-refractivity contribution is 6.04. The molecule has 2 heteroatoms. The molecule has 2 aliphatic carbocycles. The molecule has 1 aromatic rings. The van der Waals surface area contributed by atoms with Crippen molar-refractivity contribution in [3.05, 3.63) is 60.2 Å². The average molecular weight is 277 g/mol. The van der Waals surface area contributed by atoms with E-state index in [1.807, 2.05) is 51.2 Å². The van der Waals surface area contributed by atoms with Gasteiger partial charge >= 0.3 is 0 Å². The predicted molar refractivity (Wildman–Crippen MR) is 87.8 cm³/mol. The molecule has 0 spiro atoms. The fourth-order valence-corrected chi connectivity index (χ4v) is 2.60. The molecule has 0 saturated carbocycles. The summed E-state index contributed by atoms with van der Waals surface area (Å²) in [5.41, 5.74) is 3.00. The van der Waals surface area contributed by atoms with Crippen molar-refractivity contribution in [3.63, 3.8) is 0 Å². The van der Waals surface area contributed by atoms with E-state index in [9.17, 15) is 4.79 Å². The Morgan fingerprint density at radius 2 is 1.71 bits per heavy atom. The van der Waals surface area contributed by atoms with Gasteiger partial charge in [0, 0.05) is 18.7 Å². The number of hydrogen-bond acceptors (Lipinski definition) is 1. The minimum atomic E-state index is 0.0768. The van der Waals surface area contributed by atoms with Crippen LogP contribution in [0.15, 0.2) is 54.6 Å². The van der Waals surface area contributed by atoms with Gasteiger partial charge in [0.25, 0.3) is 5.91 Å². The SMILES string of the molecule is CC(C)N(C)C(=O)c1cc2cccc3ccccc3c-2c1. The van der Waals surface area contributed by atoms with Crippen molar-refractivity contribution in [1.29, 1.82) is 0 Å². The van der Waals surface area contributed by atoms with Crippen molar-refractivity contribution in [2.45, 2.75) is 19.9 Å². The first-order chi connectivity index (χ1) is 10.1. The molecular formula is C19H19NO. The highest BCUT2D eigenvalue weighted by Crippen LogP contribution is 2.32.